The van der Waals surface area contributed by atoms with E-state index in [4.69, 9.17) is 0 Å². The van der Waals surface area contributed by atoms with Crippen molar-refractivity contribution in [1.82, 2.24) is 19.0 Å². The van der Waals surface area contributed by atoms with Gasteiger partial charge in [-0.2, -0.15) is 4.31 Å². The molecule has 2 saturated heterocycles. The van der Waals surface area contributed by atoms with Gasteiger partial charge in [0.2, 0.25) is 21.8 Å². The van der Waals surface area contributed by atoms with E-state index < -0.39 is 16.1 Å². The summed E-state index contributed by atoms with van der Waals surface area (Å²) < 4.78 is 25.3. The summed E-state index contributed by atoms with van der Waals surface area (Å²) in [7, 11) is -3.38. The molecule has 0 bridgehead atoms. The summed E-state index contributed by atoms with van der Waals surface area (Å²) in [6, 6.07) is -0.567. The first-order chi connectivity index (χ1) is 12.3. The maximum Gasteiger partial charge on any atom is 0.241 e. The number of carbonyl (C=O) groups is 2. The van der Waals surface area contributed by atoms with E-state index in [2.05, 4.69) is 4.90 Å². The van der Waals surface area contributed by atoms with Crippen molar-refractivity contribution in [2.24, 2.45) is 0 Å². The molecule has 0 N–H and O–H groups in total. The number of piperazine rings is 1. The number of rotatable bonds is 6. The zero-order chi connectivity index (χ0) is 19.3. The highest BCUT2D eigenvalue weighted by Crippen LogP contribution is 2.22. The highest BCUT2D eigenvalue weighted by Gasteiger charge is 2.37. The molecule has 1 unspecified atom stereocenters. The molecule has 0 aromatic rings. The molecule has 150 valence electrons. The monoisotopic (exact) mass is 388 g/mol. The van der Waals surface area contributed by atoms with Gasteiger partial charge < -0.3 is 9.80 Å². The third kappa shape index (κ3) is 5.17. The Morgan fingerprint density at radius 3 is 2.15 bits per heavy atom. The molecule has 0 radical (unpaired) electrons. The maximum absolute atomic E-state index is 12.9. The van der Waals surface area contributed by atoms with Crippen LogP contribution in [0.25, 0.3) is 0 Å². The van der Waals surface area contributed by atoms with E-state index in [1.165, 1.54) is 10.6 Å². The van der Waals surface area contributed by atoms with Crippen LogP contribution in [0, 0.1) is 0 Å². The summed E-state index contributed by atoms with van der Waals surface area (Å²) in [5.74, 6) is 0.0233. The second-order valence-electron chi connectivity index (χ2n) is 7.05. The highest BCUT2D eigenvalue weighted by atomic mass is 32.2. The molecule has 0 aliphatic carbocycles. The van der Waals surface area contributed by atoms with Gasteiger partial charge in [0.15, 0.2) is 0 Å². The number of carbonyl (C=O) groups excluding carboxylic acids is 2. The van der Waals surface area contributed by atoms with Crippen molar-refractivity contribution in [3.8, 4) is 0 Å². The fourth-order valence-corrected chi connectivity index (χ4v) is 4.87. The number of sulfonamides is 1. The highest BCUT2D eigenvalue weighted by molar-refractivity contribution is 7.88. The lowest BCUT2D eigenvalue weighted by Gasteiger charge is -2.40. The fraction of sp³-hybridized carbons (Fsp3) is 0.882. The largest absolute Gasteiger partial charge is 0.342 e. The van der Waals surface area contributed by atoms with Gasteiger partial charge in [-0.3, -0.25) is 14.5 Å². The van der Waals surface area contributed by atoms with Gasteiger partial charge in [0, 0.05) is 45.8 Å². The van der Waals surface area contributed by atoms with Crippen LogP contribution in [0.2, 0.25) is 0 Å². The van der Waals surface area contributed by atoms with Crippen LogP contribution in [-0.2, 0) is 19.6 Å². The first kappa shape index (κ1) is 21.1. The molecular weight excluding hydrogens is 356 g/mol. The maximum atomic E-state index is 12.9. The lowest BCUT2D eigenvalue weighted by molar-refractivity contribution is -0.138. The molecule has 9 heteroatoms. The van der Waals surface area contributed by atoms with Crippen LogP contribution < -0.4 is 0 Å². The molecule has 26 heavy (non-hydrogen) atoms. The lowest BCUT2D eigenvalue weighted by atomic mass is 10.0. The van der Waals surface area contributed by atoms with Gasteiger partial charge in [0.25, 0.3) is 0 Å². The molecule has 8 nitrogen and oxygen atoms in total. The zero-order valence-electron chi connectivity index (χ0n) is 16.2. The Bertz CT molecular complexity index is 598. The number of piperidine rings is 1. The van der Waals surface area contributed by atoms with Gasteiger partial charge in [0.1, 0.15) is 6.04 Å². The molecule has 0 spiro atoms. The summed E-state index contributed by atoms with van der Waals surface area (Å²) in [6.07, 6.45) is 3.45. The van der Waals surface area contributed by atoms with Crippen molar-refractivity contribution in [2.45, 2.75) is 39.2 Å². The van der Waals surface area contributed by atoms with Gasteiger partial charge in [-0.1, -0.05) is 6.42 Å². The lowest BCUT2D eigenvalue weighted by Crippen LogP contribution is -2.57. The number of likely N-dealkylation sites (N-methyl/N-ethyl adjacent to an activating group) is 1. The summed E-state index contributed by atoms with van der Waals surface area (Å²) in [5, 5.41) is 0. The molecule has 2 fully saturated rings. The Hall–Kier alpha value is -1.19. The van der Waals surface area contributed by atoms with Crippen LogP contribution in [0.1, 0.15) is 33.1 Å². The van der Waals surface area contributed by atoms with E-state index in [1.54, 1.807) is 4.90 Å². The van der Waals surface area contributed by atoms with Gasteiger partial charge >= 0.3 is 0 Å². The average Bonchev–Trinajstić information content (AvgIpc) is 2.62. The Morgan fingerprint density at radius 2 is 1.62 bits per heavy atom. The third-order valence-electron chi connectivity index (χ3n) is 5.32. The molecule has 2 aliphatic heterocycles. The molecule has 2 amide bonds. The standard InChI is InChI=1S/C17H32N4O4S/c1-4-19(5-2)16(22)14-18-10-12-20(13-11-18)17(23)15-8-6-7-9-21(15)26(3,24)25/h15H,4-14H2,1-3H3. The van der Waals surface area contributed by atoms with Crippen molar-refractivity contribution in [1.29, 1.82) is 0 Å². The summed E-state index contributed by atoms with van der Waals surface area (Å²) >= 11 is 0. The zero-order valence-corrected chi connectivity index (χ0v) is 17.0. The SMILES string of the molecule is CCN(CC)C(=O)CN1CCN(C(=O)C2CCCCN2S(C)(=O)=O)CC1. The van der Waals surface area contributed by atoms with Crippen LogP contribution in [0.4, 0.5) is 0 Å². The van der Waals surface area contributed by atoms with E-state index in [0.29, 0.717) is 58.8 Å². The number of hydrogen-bond acceptors (Lipinski definition) is 5. The van der Waals surface area contributed by atoms with E-state index in [0.717, 1.165) is 12.8 Å². The van der Waals surface area contributed by atoms with Crippen molar-refractivity contribution in [3.63, 3.8) is 0 Å². The molecule has 2 aliphatic rings. The van der Waals surface area contributed by atoms with E-state index in [9.17, 15) is 18.0 Å². The summed E-state index contributed by atoms with van der Waals surface area (Å²) in [5.41, 5.74) is 0. The molecule has 1 atom stereocenters. The van der Waals surface area contributed by atoms with Gasteiger partial charge in [-0.05, 0) is 26.7 Å². The first-order valence-corrected chi connectivity index (χ1v) is 11.4. The van der Waals surface area contributed by atoms with Gasteiger partial charge in [-0.25, -0.2) is 8.42 Å². The molecule has 2 heterocycles. The minimum Gasteiger partial charge on any atom is -0.342 e. The first-order valence-electron chi connectivity index (χ1n) is 9.53. The Morgan fingerprint density at radius 1 is 1.00 bits per heavy atom. The Labute approximate surface area is 157 Å². The van der Waals surface area contributed by atoms with Crippen LogP contribution >= 0.6 is 0 Å². The van der Waals surface area contributed by atoms with E-state index in [-0.39, 0.29) is 11.8 Å². The predicted molar refractivity (Wildman–Crippen MR) is 100 cm³/mol. The Balaban J connectivity index is 1.90. The molecule has 0 aromatic carbocycles. The number of nitrogens with zero attached hydrogens (tertiary/aromatic N) is 4. The van der Waals surface area contributed by atoms with E-state index >= 15 is 0 Å². The fourth-order valence-electron chi connectivity index (χ4n) is 3.75. The molecule has 0 saturated carbocycles. The van der Waals surface area contributed by atoms with Gasteiger partial charge in [-0.15, -0.1) is 0 Å². The predicted octanol–water partition coefficient (Wildman–Crippen LogP) is -0.187. The molecule has 0 aromatic heterocycles. The second kappa shape index (κ2) is 9.14. The summed E-state index contributed by atoms with van der Waals surface area (Å²) in [4.78, 5) is 30.7. The van der Waals surface area contributed by atoms with Crippen LogP contribution in [0.15, 0.2) is 0 Å². The smallest absolute Gasteiger partial charge is 0.241 e. The third-order valence-corrected chi connectivity index (χ3v) is 6.61. The normalized spacial score (nSPS) is 23.0. The van der Waals surface area contributed by atoms with Crippen LogP contribution in [0.5, 0.6) is 0 Å². The topological polar surface area (TPSA) is 81.2 Å². The van der Waals surface area contributed by atoms with Crippen molar-refractivity contribution in [3.05, 3.63) is 0 Å². The minimum atomic E-state index is -3.38. The Kier molecular flexibility index (Phi) is 7.42. The van der Waals surface area contributed by atoms with Crippen LogP contribution in [-0.4, -0.2) is 104 Å². The number of hydrogen-bond donors (Lipinski definition) is 0. The molecule has 2 rings (SSSR count). The molecular formula is C17H32N4O4S. The van der Waals surface area contributed by atoms with Crippen LogP contribution in [0.3, 0.4) is 0 Å². The average molecular weight is 389 g/mol. The van der Waals surface area contributed by atoms with E-state index in [1.807, 2.05) is 18.7 Å². The van der Waals surface area contributed by atoms with Crippen molar-refractivity contribution >= 4 is 21.8 Å². The quantitative estimate of drug-likeness (QED) is 0.630. The van der Waals surface area contributed by atoms with Crippen molar-refractivity contribution in [2.75, 3.05) is 58.6 Å². The second-order valence-corrected chi connectivity index (χ2v) is 8.99. The van der Waals surface area contributed by atoms with Gasteiger partial charge in [0.05, 0.1) is 12.8 Å². The number of amides is 2. The minimum absolute atomic E-state index is 0.0927. The summed E-state index contributed by atoms with van der Waals surface area (Å²) in [6.45, 7) is 8.51. The van der Waals surface area contributed by atoms with Crippen molar-refractivity contribution < 1.29 is 18.0 Å².